The second-order valence-electron chi connectivity index (χ2n) is 4.23. The van der Waals surface area contributed by atoms with E-state index in [0.29, 0.717) is 5.56 Å². The molecule has 2 rings (SSSR count). The molecule has 18 heavy (non-hydrogen) atoms. The summed E-state index contributed by atoms with van der Waals surface area (Å²) in [6, 6.07) is 5.82. The maximum atomic E-state index is 11.9. The molecule has 0 spiro atoms. The predicted molar refractivity (Wildman–Crippen MR) is 75.0 cm³/mol. The Morgan fingerprint density at radius 1 is 1.44 bits per heavy atom. The van der Waals surface area contributed by atoms with E-state index in [4.69, 9.17) is 4.74 Å². The van der Waals surface area contributed by atoms with Crippen molar-refractivity contribution < 1.29 is 9.53 Å². The molecule has 0 fully saturated rings. The molecule has 0 atom stereocenters. The summed E-state index contributed by atoms with van der Waals surface area (Å²) < 4.78 is 7.82. The number of ether oxygens (including phenoxy) is 1. The average molecular weight is 310 g/mol. The van der Waals surface area contributed by atoms with E-state index in [-0.39, 0.29) is 5.97 Å². The zero-order valence-electron chi connectivity index (χ0n) is 10.6. The molecule has 0 saturated carbocycles. The van der Waals surface area contributed by atoms with Gasteiger partial charge in [0, 0.05) is 6.20 Å². The van der Waals surface area contributed by atoms with Crippen LogP contribution in [0.25, 0.3) is 5.52 Å². The molecule has 96 valence electrons. The largest absolute Gasteiger partial charge is 0.465 e. The number of fused-ring (bicyclic) bond motifs is 1. The highest BCUT2D eigenvalue weighted by Crippen LogP contribution is 2.25. The lowest BCUT2D eigenvalue weighted by molar-refractivity contribution is 0.0602. The number of nitrogens with zero attached hydrogens (tertiary/aromatic N) is 1. The third kappa shape index (κ3) is 2.29. The molecular weight excluding hydrogens is 294 g/mol. The van der Waals surface area contributed by atoms with Crippen molar-refractivity contribution in [1.29, 1.82) is 0 Å². The molecule has 0 aliphatic heterocycles. The standard InChI is InChI=1S/C14H16BrNO2/c1-3-4-6-10-9-16-11(7-5-8-12(16)15)13(10)14(17)18-2/h5,7-9H,3-4,6H2,1-2H3. The van der Waals surface area contributed by atoms with E-state index >= 15 is 0 Å². The Labute approximate surface area is 115 Å². The number of hydrogen-bond acceptors (Lipinski definition) is 2. The fourth-order valence-corrected chi connectivity index (χ4v) is 2.55. The highest BCUT2D eigenvalue weighted by Gasteiger charge is 2.18. The summed E-state index contributed by atoms with van der Waals surface area (Å²) in [5, 5.41) is 0. The van der Waals surface area contributed by atoms with Gasteiger partial charge in [-0.15, -0.1) is 0 Å². The first-order chi connectivity index (χ1) is 8.69. The molecule has 0 unspecified atom stereocenters. The minimum Gasteiger partial charge on any atom is -0.465 e. The van der Waals surface area contributed by atoms with E-state index in [1.165, 1.54) is 7.11 Å². The normalized spacial score (nSPS) is 10.8. The van der Waals surface area contributed by atoms with Gasteiger partial charge in [-0.05, 0) is 46.5 Å². The number of unbranched alkanes of at least 4 members (excludes halogenated alkanes) is 1. The molecule has 0 saturated heterocycles. The van der Waals surface area contributed by atoms with Crippen molar-refractivity contribution in [3.8, 4) is 0 Å². The van der Waals surface area contributed by atoms with Crippen LogP contribution < -0.4 is 0 Å². The number of esters is 1. The van der Waals surface area contributed by atoms with Gasteiger partial charge in [-0.3, -0.25) is 0 Å². The summed E-state index contributed by atoms with van der Waals surface area (Å²) in [5.41, 5.74) is 2.63. The van der Waals surface area contributed by atoms with E-state index in [1.807, 2.05) is 28.8 Å². The Balaban J connectivity index is 2.60. The number of pyridine rings is 1. The van der Waals surface area contributed by atoms with Gasteiger partial charge in [0.15, 0.2) is 0 Å². The van der Waals surface area contributed by atoms with E-state index in [0.717, 1.165) is 34.9 Å². The first-order valence-corrected chi connectivity index (χ1v) is 6.85. The fraction of sp³-hybridized carbons (Fsp3) is 0.357. The van der Waals surface area contributed by atoms with Crippen LogP contribution in [0, 0.1) is 0 Å². The number of hydrogen-bond donors (Lipinski definition) is 0. The quantitative estimate of drug-likeness (QED) is 0.635. The van der Waals surface area contributed by atoms with Crippen LogP contribution in [0.3, 0.4) is 0 Å². The van der Waals surface area contributed by atoms with Crippen molar-refractivity contribution in [1.82, 2.24) is 4.40 Å². The van der Waals surface area contributed by atoms with Crippen LogP contribution in [-0.2, 0) is 11.2 Å². The van der Waals surface area contributed by atoms with Crippen LogP contribution in [-0.4, -0.2) is 17.5 Å². The molecule has 0 bridgehead atoms. The fourth-order valence-electron chi connectivity index (χ4n) is 2.11. The summed E-state index contributed by atoms with van der Waals surface area (Å²) in [6.07, 6.45) is 5.09. The summed E-state index contributed by atoms with van der Waals surface area (Å²) in [5.74, 6) is -0.262. The maximum Gasteiger partial charge on any atom is 0.340 e. The molecule has 2 aromatic rings. The topological polar surface area (TPSA) is 30.7 Å². The molecule has 3 nitrogen and oxygen atoms in total. The first-order valence-electron chi connectivity index (χ1n) is 6.05. The van der Waals surface area contributed by atoms with E-state index in [2.05, 4.69) is 22.9 Å². The SMILES string of the molecule is CCCCc1cn2c(Br)cccc2c1C(=O)OC. The number of methoxy groups -OCH3 is 1. The van der Waals surface area contributed by atoms with E-state index in [1.54, 1.807) is 0 Å². The number of carbonyl (C=O) groups excluding carboxylic acids is 1. The highest BCUT2D eigenvalue weighted by atomic mass is 79.9. The molecule has 0 aromatic carbocycles. The monoisotopic (exact) mass is 309 g/mol. The average Bonchev–Trinajstić information content (AvgIpc) is 2.75. The summed E-state index contributed by atoms with van der Waals surface area (Å²) in [7, 11) is 1.42. The van der Waals surface area contributed by atoms with Gasteiger partial charge in [-0.2, -0.15) is 0 Å². The molecule has 4 heteroatoms. The number of carbonyl (C=O) groups is 1. The predicted octanol–water partition coefficient (Wildman–Crippen LogP) is 3.83. The third-order valence-corrected chi connectivity index (χ3v) is 3.68. The van der Waals surface area contributed by atoms with E-state index < -0.39 is 0 Å². The smallest absolute Gasteiger partial charge is 0.340 e. The third-order valence-electron chi connectivity index (χ3n) is 3.03. The molecule has 0 radical (unpaired) electrons. The lowest BCUT2D eigenvalue weighted by Gasteiger charge is -2.02. The van der Waals surface area contributed by atoms with Crippen LogP contribution in [0.15, 0.2) is 29.0 Å². The van der Waals surface area contributed by atoms with Crippen LogP contribution in [0.5, 0.6) is 0 Å². The van der Waals surface area contributed by atoms with Gasteiger partial charge in [0.1, 0.15) is 0 Å². The Hall–Kier alpha value is -1.29. The molecule has 0 amide bonds. The van der Waals surface area contributed by atoms with Crippen LogP contribution in [0.4, 0.5) is 0 Å². The molecule has 2 heterocycles. The summed E-state index contributed by atoms with van der Waals surface area (Å²) in [4.78, 5) is 11.9. The first kappa shape index (κ1) is 13.1. The number of rotatable bonds is 4. The van der Waals surface area contributed by atoms with Gasteiger partial charge in [0.25, 0.3) is 0 Å². The molecule has 0 N–H and O–H groups in total. The Morgan fingerprint density at radius 3 is 2.89 bits per heavy atom. The van der Waals surface area contributed by atoms with Gasteiger partial charge >= 0.3 is 5.97 Å². The minimum absolute atomic E-state index is 0.262. The number of halogens is 1. The Bertz CT molecular complexity index is 574. The van der Waals surface area contributed by atoms with Crippen molar-refractivity contribution in [2.45, 2.75) is 26.2 Å². The van der Waals surface area contributed by atoms with Crippen molar-refractivity contribution in [2.24, 2.45) is 0 Å². The van der Waals surface area contributed by atoms with Gasteiger partial charge in [-0.1, -0.05) is 19.4 Å². The van der Waals surface area contributed by atoms with Gasteiger partial charge < -0.3 is 9.14 Å². The Morgan fingerprint density at radius 2 is 2.22 bits per heavy atom. The van der Waals surface area contributed by atoms with E-state index in [9.17, 15) is 4.79 Å². The molecule has 2 aromatic heterocycles. The van der Waals surface area contributed by atoms with Gasteiger partial charge in [0.05, 0.1) is 22.8 Å². The zero-order valence-corrected chi connectivity index (χ0v) is 12.2. The van der Waals surface area contributed by atoms with Crippen molar-refractivity contribution in [3.05, 3.63) is 40.1 Å². The van der Waals surface area contributed by atoms with Crippen LogP contribution in [0.2, 0.25) is 0 Å². The second kappa shape index (κ2) is 5.57. The summed E-state index contributed by atoms with van der Waals surface area (Å²) >= 11 is 3.49. The van der Waals surface area contributed by atoms with Crippen molar-refractivity contribution in [2.75, 3.05) is 7.11 Å². The molecule has 0 aliphatic carbocycles. The minimum atomic E-state index is -0.262. The lowest BCUT2D eigenvalue weighted by Crippen LogP contribution is -2.04. The van der Waals surface area contributed by atoms with Crippen molar-refractivity contribution in [3.63, 3.8) is 0 Å². The molecular formula is C14H16BrNO2. The summed E-state index contributed by atoms with van der Waals surface area (Å²) in [6.45, 7) is 2.14. The van der Waals surface area contributed by atoms with Crippen LogP contribution >= 0.6 is 15.9 Å². The Kier molecular flexibility index (Phi) is 4.07. The lowest BCUT2D eigenvalue weighted by atomic mass is 10.1. The molecule has 0 aliphatic rings. The number of aromatic nitrogens is 1. The zero-order chi connectivity index (χ0) is 13.1. The van der Waals surface area contributed by atoms with Crippen LogP contribution in [0.1, 0.15) is 35.7 Å². The van der Waals surface area contributed by atoms with Crippen molar-refractivity contribution >= 4 is 27.4 Å². The second-order valence-corrected chi connectivity index (χ2v) is 5.04. The number of aryl methyl sites for hydroxylation is 1. The maximum absolute atomic E-state index is 11.9. The van der Waals surface area contributed by atoms with Gasteiger partial charge in [0.2, 0.25) is 0 Å². The highest BCUT2D eigenvalue weighted by molar-refractivity contribution is 9.10. The van der Waals surface area contributed by atoms with Gasteiger partial charge in [-0.25, -0.2) is 4.79 Å².